The standard InChI is InChI=1S/C18H16ClN3O3/c1-10-13(18(24)25)7-8-16(20-10)22-17(23)14(11(2)21-22)9-12-5-3-4-6-15(12)19/h3-8,21H,9H2,1-2H3,(H,24,25). The Morgan fingerprint density at radius 3 is 2.60 bits per heavy atom. The smallest absolute Gasteiger partial charge is 0.337 e. The van der Waals surface area contributed by atoms with E-state index in [1.54, 1.807) is 13.0 Å². The molecule has 0 saturated heterocycles. The van der Waals surface area contributed by atoms with E-state index in [0.717, 1.165) is 5.56 Å². The number of H-pyrrole nitrogens is 1. The lowest BCUT2D eigenvalue weighted by Crippen LogP contribution is -2.19. The molecule has 0 fully saturated rings. The second kappa shape index (κ2) is 6.57. The first-order chi connectivity index (χ1) is 11.9. The van der Waals surface area contributed by atoms with Gasteiger partial charge in [0.25, 0.3) is 5.56 Å². The number of carbonyl (C=O) groups is 1. The summed E-state index contributed by atoms with van der Waals surface area (Å²) in [7, 11) is 0. The molecule has 3 rings (SSSR count). The minimum absolute atomic E-state index is 0.108. The molecule has 0 saturated carbocycles. The van der Waals surface area contributed by atoms with Crippen LogP contribution in [0.5, 0.6) is 0 Å². The predicted octanol–water partition coefficient (Wildman–Crippen LogP) is 3.12. The molecule has 128 valence electrons. The number of nitrogens with zero attached hydrogens (tertiary/aromatic N) is 2. The van der Waals surface area contributed by atoms with E-state index >= 15 is 0 Å². The summed E-state index contributed by atoms with van der Waals surface area (Å²) in [5.74, 6) is -0.702. The van der Waals surface area contributed by atoms with E-state index in [1.807, 2.05) is 25.1 Å². The third-order valence-corrected chi connectivity index (χ3v) is 4.42. The van der Waals surface area contributed by atoms with Gasteiger partial charge in [-0.1, -0.05) is 29.8 Å². The second-order valence-corrected chi connectivity index (χ2v) is 6.14. The van der Waals surface area contributed by atoms with Crippen LogP contribution in [0, 0.1) is 13.8 Å². The monoisotopic (exact) mass is 357 g/mol. The van der Waals surface area contributed by atoms with Gasteiger partial charge in [0, 0.05) is 22.7 Å². The second-order valence-electron chi connectivity index (χ2n) is 5.73. The van der Waals surface area contributed by atoms with Crippen LogP contribution < -0.4 is 5.56 Å². The van der Waals surface area contributed by atoms with Crippen molar-refractivity contribution in [3.63, 3.8) is 0 Å². The number of hydrogen-bond donors (Lipinski definition) is 2. The van der Waals surface area contributed by atoms with Crippen LogP contribution >= 0.6 is 11.6 Å². The van der Waals surface area contributed by atoms with Crippen molar-refractivity contribution in [1.82, 2.24) is 14.8 Å². The summed E-state index contributed by atoms with van der Waals surface area (Å²) in [6.45, 7) is 3.40. The van der Waals surface area contributed by atoms with Crippen molar-refractivity contribution in [2.24, 2.45) is 0 Å². The van der Waals surface area contributed by atoms with E-state index < -0.39 is 5.97 Å². The van der Waals surface area contributed by atoms with Gasteiger partial charge in [0.15, 0.2) is 5.82 Å². The highest BCUT2D eigenvalue weighted by Gasteiger charge is 2.16. The lowest BCUT2D eigenvalue weighted by atomic mass is 10.1. The molecule has 0 bridgehead atoms. The number of aromatic nitrogens is 3. The van der Waals surface area contributed by atoms with Gasteiger partial charge in [-0.2, -0.15) is 0 Å². The Kier molecular flexibility index (Phi) is 4.46. The number of hydrogen-bond acceptors (Lipinski definition) is 3. The molecule has 7 heteroatoms. The number of carboxylic acid groups (broad SMARTS) is 1. The molecule has 0 aliphatic carbocycles. The molecule has 6 nitrogen and oxygen atoms in total. The van der Waals surface area contributed by atoms with Gasteiger partial charge in [0.1, 0.15) is 0 Å². The van der Waals surface area contributed by atoms with Crippen LogP contribution in [0.1, 0.15) is 32.9 Å². The van der Waals surface area contributed by atoms with Gasteiger partial charge in [-0.05, 0) is 37.6 Å². The molecule has 0 aliphatic heterocycles. The minimum Gasteiger partial charge on any atom is -0.478 e. The number of halogens is 1. The van der Waals surface area contributed by atoms with Gasteiger partial charge in [-0.3, -0.25) is 9.89 Å². The molecule has 0 aliphatic rings. The van der Waals surface area contributed by atoms with Gasteiger partial charge < -0.3 is 5.11 Å². The number of benzene rings is 1. The molecule has 2 heterocycles. The van der Waals surface area contributed by atoms with Crippen molar-refractivity contribution in [2.45, 2.75) is 20.3 Å². The number of pyridine rings is 1. The zero-order valence-corrected chi connectivity index (χ0v) is 14.5. The van der Waals surface area contributed by atoms with Crippen molar-refractivity contribution < 1.29 is 9.90 Å². The van der Waals surface area contributed by atoms with Crippen LogP contribution in [-0.2, 0) is 6.42 Å². The van der Waals surface area contributed by atoms with Gasteiger partial charge in [0.05, 0.1) is 11.3 Å². The number of nitrogens with one attached hydrogen (secondary N) is 1. The van der Waals surface area contributed by atoms with Gasteiger partial charge in [-0.15, -0.1) is 0 Å². The van der Waals surface area contributed by atoms with Crippen molar-refractivity contribution in [3.05, 3.63) is 79.9 Å². The molecule has 0 spiro atoms. The number of aromatic amines is 1. The van der Waals surface area contributed by atoms with E-state index in [1.165, 1.54) is 16.8 Å². The molecule has 0 amide bonds. The molecule has 1 aromatic carbocycles. The maximum atomic E-state index is 12.8. The topological polar surface area (TPSA) is 88.0 Å². The molecule has 0 radical (unpaired) electrons. The first-order valence-electron chi connectivity index (χ1n) is 7.63. The molecular weight excluding hydrogens is 342 g/mol. The molecular formula is C18H16ClN3O3. The molecule has 0 atom stereocenters. The van der Waals surface area contributed by atoms with E-state index in [0.29, 0.717) is 34.2 Å². The minimum atomic E-state index is -1.05. The normalized spacial score (nSPS) is 10.8. The maximum Gasteiger partial charge on any atom is 0.337 e. The number of aryl methyl sites for hydroxylation is 2. The van der Waals surface area contributed by atoms with Crippen LogP contribution in [0.2, 0.25) is 5.02 Å². The Morgan fingerprint density at radius 2 is 1.96 bits per heavy atom. The fraction of sp³-hybridized carbons (Fsp3) is 0.167. The zero-order chi connectivity index (χ0) is 18.1. The van der Waals surface area contributed by atoms with Gasteiger partial charge in [0.2, 0.25) is 0 Å². The van der Waals surface area contributed by atoms with Crippen LogP contribution in [-0.4, -0.2) is 25.8 Å². The Balaban J connectivity index is 2.03. The van der Waals surface area contributed by atoms with Crippen molar-refractivity contribution in [3.8, 4) is 5.82 Å². The molecule has 3 aromatic rings. The molecule has 25 heavy (non-hydrogen) atoms. The summed E-state index contributed by atoms with van der Waals surface area (Å²) in [6.07, 6.45) is 0.403. The van der Waals surface area contributed by atoms with Crippen molar-refractivity contribution in [2.75, 3.05) is 0 Å². The zero-order valence-electron chi connectivity index (χ0n) is 13.7. The fourth-order valence-corrected chi connectivity index (χ4v) is 2.88. The van der Waals surface area contributed by atoms with Crippen LogP contribution in [0.3, 0.4) is 0 Å². The highest BCUT2D eigenvalue weighted by Crippen LogP contribution is 2.19. The first kappa shape index (κ1) is 17.0. The number of rotatable bonds is 4. The number of aromatic carboxylic acids is 1. The Labute approximate surface area is 148 Å². The first-order valence-corrected chi connectivity index (χ1v) is 8.01. The SMILES string of the molecule is Cc1nc(-n2[nH]c(C)c(Cc3ccccc3Cl)c2=O)ccc1C(=O)O. The Morgan fingerprint density at radius 1 is 1.24 bits per heavy atom. The highest BCUT2D eigenvalue weighted by molar-refractivity contribution is 6.31. The predicted molar refractivity (Wildman–Crippen MR) is 94.9 cm³/mol. The Bertz CT molecular complexity index is 1020. The maximum absolute atomic E-state index is 12.8. The van der Waals surface area contributed by atoms with E-state index in [4.69, 9.17) is 16.7 Å². The number of carboxylic acids is 1. The quantitative estimate of drug-likeness (QED) is 0.751. The van der Waals surface area contributed by atoms with E-state index in [2.05, 4.69) is 10.1 Å². The van der Waals surface area contributed by atoms with Crippen molar-refractivity contribution >= 4 is 17.6 Å². The van der Waals surface area contributed by atoms with E-state index in [-0.39, 0.29) is 11.1 Å². The average Bonchev–Trinajstić information content (AvgIpc) is 2.84. The fourth-order valence-electron chi connectivity index (χ4n) is 2.68. The lowest BCUT2D eigenvalue weighted by molar-refractivity contribution is 0.0695. The van der Waals surface area contributed by atoms with Crippen LogP contribution in [0.4, 0.5) is 0 Å². The third-order valence-electron chi connectivity index (χ3n) is 4.05. The summed E-state index contributed by atoms with van der Waals surface area (Å²) in [4.78, 5) is 28.1. The van der Waals surface area contributed by atoms with Crippen molar-refractivity contribution in [1.29, 1.82) is 0 Å². The van der Waals surface area contributed by atoms with Gasteiger partial charge >= 0.3 is 5.97 Å². The Hall–Kier alpha value is -2.86. The summed E-state index contributed by atoms with van der Waals surface area (Å²) >= 11 is 6.18. The largest absolute Gasteiger partial charge is 0.478 e. The van der Waals surface area contributed by atoms with Crippen LogP contribution in [0.15, 0.2) is 41.2 Å². The lowest BCUT2D eigenvalue weighted by Gasteiger charge is -2.04. The highest BCUT2D eigenvalue weighted by atomic mass is 35.5. The average molecular weight is 358 g/mol. The summed E-state index contributed by atoms with van der Waals surface area (Å²) < 4.78 is 1.32. The van der Waals surface area contributed by atoms with Gasteiger partial charge in [-0.25, -0.2) is 14.5 Å². The summed E-state index contributed by atoms with van der Waals surface area (Å²) in [6, 6.07) is 10.3. The summed E-state index contributed by atoms with van der Waals surface area (Å²) in [5.41, 5.74) is 2.39. The summed E-state index contributed by atoms with van der Waals surface area (Å²) in [5, 5.41) is 12.7. The molecule has 2 aromatic heterocycles. The molecule has 2 N–H and O–H groups in total. The molecule has 0 unspecified atom stereocenters. The van der Waals surface area contributed by atoms with E-state index in [9.17, 15) is 9.59 Å². The van der Waals surface area contributed by atoms with Crippen LogP contribution in [0.25, 0.3) is 5.82 Å². The third kappa shape index (κ3) is 3.21.